The van der Waals surface area contributed by atoms with Gasteiger partial charge < -0.3 is 9.73 Å². The number of hydrogen-bond donors (Lipinski definition) is 1. The average Bonchev–Trinajstić information content (AvgIpc) is 2.93. The molecule has 2 aromatic rings. The van der Waals surface area contributed by atoms with E-state index in [-0.39, 0.29) is 11.6 Å². The van der Waals surface area contributed by atoms with Gasteiger partial charge in [-0.05, 0) is 38.2 Å². The topological polar surface area (TPSA) is 45.5 Å². The van der Waals surface area contributed by atoms with Crippen molar-refractivity contribution < 1.29 is 13.6 Å². The van der Waals surface area contributed by atoms with Crippen LogP contribution in [0.3, 0.4) is 0 Å². The summed E-state index contributed by atoms with van der Waals surface area (Å²) >= 11 is 0. The highest BCUT2D eigenvalue weighted by molar-refractivity contribution is 5.94. The van der Waals surface area contributed by atoms with E-state index in [9.17, 15) is 9.18 Å². The van der Waals surface area contributed by atoms with Crippen molar-refractivity contribution in [1.82, 2.24) is 4.90 Å². The van der Waals surface area contributed by atoms with Gasteiger partial charge in [-0.3, -0.25) is 9.69 Å². The number of benzene rings is 1. The molecule has 1 aromatic carbocycles. The minimum atomic E-state index is -0.443. The summed E-state index contributed by atoms with van der Waals surface area (Å²) in [6, 6.07) is 9.34. The maximum atomic E-state index is 13.5. The summed E-state index contributed by atoms with van der Waals surface area (Å²) < 4.78 is 18.7. The van der Waals surface area contributed by atoms with Crippen LogP contribution in [0, 0.1) is 5.82 Å². The molecule has 1 heterocycles. The molecule has 1 N–H and O–H groups in total. The fourth-order valence-corrected chi connectivity index (χ4v) is 1.79. The molecule has 0 radical (unpaired) electrons. The van der Waals surface area contributed by atoms with Crippen LogP contribution in [0.15, 0.2) is 47.1 Å². The molecule has 0 fully saturated rings. The van der Waals surface area contributed by atoms with Gasteiger partial charge in [-0.1, -0.05) is 12.1 Å². The summed E-state index contributed by atoms with van der Waals surface area (Å²) in [4.78, 5) is 13.9. The molecule has 2 rings (SSSR count). The molecule has 0 saturated carbocycles. The highest BCUT2D eigenvalue weighted by Crippen LogP contribution is 2.14. The first kappa shape index (κ1) is 14.3. The molecule has 0 spiro atoms. The SMILES string of the molecule is CC(C(=O)Nc1ccccc1F)N(C)Cc1ccco1. The molecule has 4 nitrogen and oxygen atoms in total. The van der Waals surface area contributed by atoms with Gasteiger partial charge in [0.15, 0.2) is 0 Å². The number of hydrogen-bond acceptors (Lipinski definition) is 3. The number of halogens is 1. The molecular weight excluding hydrogens is 259 g/mol. The quantitative estimate of drug-likeness (QED) is 0.913. The first-order valence-corrected chi connectivity index (χ1v) is 6.36. The number of rotatable bonds is 5. The van der Waals surface area contributed by atoms with Crippen LogP contribution in [-0.4, -0.2) is 23.9 Å². The molecule has 5 heteroatoms. The monoisotopic (exact) mass is 276 g/mol. The van der Waals surface area contributed by atoms with E-state index in [1.165, 1.54) is 12.1 Å². The third-order valence-corrected chi connectivity index (χ3v) is 3.16. The van der Waals surface area contributed by atoms with Crippen LogP contribution < -0.4 is 5.32 Å². The van der Waals surface area contributed by atoms with Crippen molar-refractivity contribution in [1.29, 1.82) is 0 Å². The molecule has 1 aromatic heterocycles. The Hall–Kier alpha value is -2.14. The molecular formula is C15H17FN2O2. The van der Waals surface area contributed by atoms with Crippen LogP contribution in [-0.2, 0) is 11.3 Å². The molecule has 0 aliphatic carbocycles. The third-order valence-electron chi connectivity index (χ3n) is 3.16. The van der Waals surface area contributed by atoms with Crippen LogP contribution in [0.2, 0.25) is 0 Å². The molecule has 1 amide bonds. The lowest BCUT2D eigenvalue weighted by atomic mass is 10.2. The van der Waals surface area contributed by atoms with E-state index in [2.05, 4.69) is 5.32 Å². The first-order valence-electron chi connectivity index (χ1n) is 6.36. The van der Waals surface area contributed by atoms with Gasteiger partial charge in [0.05, 0.1) is 24.5 Å². The van der Waals surface area contributed by atoms with Gasteiger partial charge >= 0.3 is 0 Å². The normalized spacial score (nSPS) is 12.4. The van der Waals surface area contributed by atoms with Crippen molar-refractivity contribution in [2.75, 3.05) is 12.4 Å². The molecule has 1 atom stereocenters. The van der Waals surface area contributed by atoms with Crippen LogP contribution in [0.4, 0.5) is 10.1 Å². The van der Waals surface area contributed by atoms with E-state index in [4.69, 9.17) is 4.42 Å². The number of likely N-dealkylation sites (N-methyl/N-ethyl adjacent to an activating group) is 1. The predicted octanol–water partition coefficient (Wildman–Crippen LogP) is 2.88. The number of carbonyl (C=O) groups is 1. The van der Waals surface area contributed by atoms with Gasteiger partial charge in [0.25, 0.3) is 0 Å². The average molecular weight is 276 g/mol. The third kappa shape index (κ3) is 3.45. The molecule has 0 aliphatic rings. The molecule has 0 aliphatic heterocycles. The van der Waals surface area contributed by atoms with E-state index in [0.717, 1.165) is 5.76 Å². The second-order valence-electron chi connectivity index (χ2n) is 4.64. The Labute approximate surface area is 117 Å². The Morgan fingerprint density at radius 3 is 2.75 bits per heavy atom. The van der Waals surface area contributed by atoms with Crippen molar-refractivity contribution in [3.05, 3.63) is 54.2 Å². The second-order valence-corrected chi connectivity index (χ2v) is 4.64. The number of carbonyl (C=O) groups excluding carboxylic acids is 1. The number of nitrogens with one attached hydrogen (secondary N) is 1. The van der Waals surface area contributed by atoms with Crippen molar-refractivity contribution in [3.63, 3.8) is 0 Å². The van der Waals surface area contributed by atoms with Gasteiger partial charge in [-0.15, -0.1) is 0 Å². The predicted molar refractivity (Wildman–Crippen MR) is 74.7 cm³/mol. The largest absolute Gasteiger partial charge is 0.468 e. The summed E-state index contributed by atoms with van der Waals surface area (Å²) in [7, 11) is 1.81. The van der Waals surface area contributed by atoms with Crippen molar-refractivity contribution in [2.45, 2.75) is 19.5 Å². The Kier molecular flexibility index (Phi) is 4.53. The Morgan fingerprint density at radius 2 is 2.10 bits per heavy atom. The summed E-state index contributed by atoms with van der Waals surface area (Å²) in [5.74, 6) is 0.0731. The van der Waals surface area contributed by atoms with Gasteiger partial charge in [-0.2, -0.15) is 0 Å². The Bertz CT molecular complexity index is 569. The molecule has 0 saturated heterocycles. The maximum absolute atomic E-state index is 13.5. The molecule has 0 bridgehead atoms. The minimum Gasteiger partial charge on any atom is -0.468 e. The highest BCUT2D eigenvalue weighted by Gasteiger charge is 2.19. The summed E-state index contributed by atoms with van der Waals surface area (Å²) in [6.45, 7) is 2.28. The van der Waals surface area contributed by atoms with Gasteiger partial charge in [0, 0.05) is 0 Å². The lowest BCUT2D eigenvalue weighted by molar-refractivity contribution is -0.120. The zero-order chi connectivity index (χ0) is 14.5. The molecule has 20 heavy (non-hydrogen) atoms. The lowest BCUT2D eigenvalue weighted by Gasteiger charge is -2.22. The Balaban J connectivity index is 1.96. The highest BCUT2D eigenvalue weighted by atomic mass is 19.1. The Morgan fingerprint density at radius 1 is 1.35 bits per heavy atom. The standard InChI is InChI=1S/C15H17FN2O2/c1-11(18(2)10-12-6-5-9-20-12)15(19)17-14-8-4-3-7-13(14)16/h3-9,11H,10H2,1-2H3,(H,17,19). The van der Waals surface area contributed by atoms with E-state index < -0.39 is 11.9 Å². The summed E-state index contributed by atoms with van der Waals surface area (Å²) in [6.07, 6.45) is 1.59. The molecule has 1 unspecified atom stereocenters. The number of nitrogens with zero attached hydrogens (tertiary/aromatic N) is 1. The molecule has 106 valence electrons. The summed E-state index contributed by atoms with van der Waals surface area (Å²) in [5, 5.41) is 2.58. The zero-order valence-corrected chi connectivity index (χ0v) is 11.5. The van der Waals surface area contributed by atoms with Crippen LogP contribution in [0.5, 0.6) is 0 Å². The van der Waals surface area contributed by atoms with Gasteiger partial charge in [0.1, 0.15) is 11.6 Å². The van der Waals surface area contributed by atoms with E-state index in [0.29, 0.717) is 6.54 Å². The summed E-state index contributed by atoms with van der Waals surface area (Å²) in [5.41, 5.74) is 0.191. The fraction of sp³-hybridized carbons (Fsp3) is 0.267. The smallest absolute Gasteiger partial charge is 0.241 e. The van der Waals surface area contributed by atoms with Crippen molar-refractivity contribution in [3.8, 4) is 0 Å². The van der Waals surface area contributed by atoms with Gasteiger partial charge in [0.2, 0.25) is 5.91 Å². The van der Waals surface area contributed by atoms with Crippen molar-refractivity contribution in [2.24, 2.45) is 0 Å². The van der Waals surface area contributed by atoms with E-state index >= 15 is 0 Å². The van der Waals surface area contributed by atoms with E-state index in [1.54, 1.807) is 31.4 Å². The van der Waals surface area contributed by atoms with Crippen molar-refractivity contribution >= 4 is 11.6 Å². The second kappa shape index (κ2) is 6.34. The van der Waals surface area contributed by atoms with Crippen LogP contribution >= 0.6 is 0 Å². The number of anilines is 1. The fourth-order valence-electron chi connectivity index (χ4n) is 1.79. The first-order chi connectivity index (χ1) is 9.58. The van der Waals surface area contributed by atoms with Crippen LogP contribution in [0.25, 0.3) is 0 Å². The lowest BCUT2D eigenvalue weighted by Crippen LogP contribution is -2.39. The van der Waals surface area contributed by atoms with Crippen LogP contribution in [0.1, 0.15) is 12.7 Å². The van der Waals surface area contributed by atoms with Gasteiger partial charge in [-0.25, -0.2) is 4.39 Å². The zero-order valence-electron chi connectivity index (χ0n) is 11.5. The number of amides is 1. The van der Waals surface area contributed by atoms with E-state index in [1.807, 2.05) is 18.0 Å². The maximum Gasteiger partial charge on any atom is 0.241 e. The number of para-hydroxylation sites is 1. The minimum absolute atomic E-state index is 0.191. The number of furan rings is 1.